The van der Waals surface area contributed by atoms with Crippen LogP contribution >= 0.6 is 27.3 Å². The standard InChI is InChI=1S/C22H24BrN3O3S/c1-11-18-12(2)25-20(13-5-6-13)26-22(18)30-19(11)21(27)24-8-7-14-9-16(28-3)17(29-4)10-15(14)23/h9-10,13H,5-8H2,1-4H3,(H,24,27). The molecule has 6 nitrogen and oxygen atoms in total. The van der Waals surface area contributed by atoms with Crippen LogP contribution in [0, 0.1) is 13.8 Å². The number of amides is 1. The average Bonchev–Trinajstić information content (AvgIpc) is 3.52. The van der Waals surface area contributed by atoms with Crippen molar-refractivity contribution in [1.29, 1.82) is 0 Å². The summed E-state index contributed by atoms with van der Waals surface area (Å²) >= 11 is 5.03. The van der Waals surface area contributed by atoms with Gasteiger partial charge < -0.3 is 14.8 Å². The Morgan fingerprint density at radius 3 is 2.57 bits per heavy atom. The van der Waals surface area contributed by atoms with E-state index < -0.39 is 0 Å². The number of carbonyl (C=O) groups is 1. The third-order valence-corrected chi connectivity index (χ3v) is 7.29. The maximum Gasteiger partial charge on any atom is 0.261 e. The highest BCUT2D eigenvalue weighted by Crippen LogP contribution is 2.40. The monoisotopic (exact) mass is 489 g/mol. The Labute approximate surface area is 188 Å². The second-order valence-electron chi connectivity index (χ2n) is 7.48. The molecule has 0 spiro atoms. The van der Waals surface area contributed by atoms with Gasteiger partial charge in [0.05, 0.1) is 24.8 Å². The first-order valence-corrected chi connectivity index (χ1v) is 11.5. The third kappa shape index (κ3) is 4.03. The minimum absolute atomic E-state index is 0.0699. The van der Waals surface area contributed by atoms with Gasteiger partial charge in [-0.2, -0.15) is 0 Å². The molecule has 1 fully saturated rings. The molecule has 30 heavy (non-hydrogen) atoms. The Balaban J connectivity index is 1.49. The number of ether oxygens (including phenoxy) is 2. The van der Waals surface area contributed by atoms with Crippen LogP contribution in [0.1, 0.15) is 51.1 Å². The summed E-state index contributed by atoms with van der Waals surface area (Å²) in [4.78, 5) is 23.9. The molecule has 1 aliphatic rings. The fourth-order valence-corrected chi connectivity index (χ4v) is 5.26. The normalized spacial score (nSPS) is 13.5. The van der Waals surface area contributed by atoms with Crippen molar-refractivity contribution in [3.63, 3.8) is 0 Å². The maximum absolute atomic E-state index is 12.9. The van der Waals surface area contributed by atoms with Gasteiger partial charge in [-0.05, 0) is 56.4 Å². The van der Waals surface area contributed by atoms with E-state index >= 15 is 0 Å². The van der Waals surface area contributed by atoms with Crippen molar-refractivity contribution < 1.29 is 14.3 Å². The van der Waals surface area contributed by atoms with Crippen LogP contribution in [0.5, 0.6) is 11.5 Å². The van der Waals surface area contributed by atoms with Gasteiger partial charge in [-0.1, -0.05) is 15.9 Å². The molecule has 8 heteroatoms. The molecule has 0 unspecified atom stereocenters. The summed E-state index contributed by atoms with van der Waals surface area (Å²) in [7, 11) is 3.22. The van der Waals surface area contributed by atoms with Gasteiger partial charge >= 0.3 is 0 Å². The van der Waals surface area contributed by atoms with Crippen molar-refractivity contribution in [3.05, 3.63) is 44.1 Å². The van der Waals surface area contributed by atoms with Crippen LogP contribution in [0.2, 0.25) is 0 Å². The minimum atomic E-state index is -0.0699. The molecule has 4 rings (SSSR count). The quantitative estimate of drug-likeness (QED) is 0.508. The molecule has 2 aromatic heterocycles. The number of carbonyl (C=O) groups excluding carboxylic acids is 1. The first-order chi connectivity index (χ1) is 14.4. The number of aryl methyl sites for hydroxylation is 2. The van der Waals surface area contributed by atoms with Crippen LogP contribution in [0.25, 0.3) is 10.2 Å². The lowest BCUT2D eigenvalue weighted by Crippen LogP contribution is -2.25. The van der Waals surface area contributed by atoms with Gasteiger partial charge in [-0.25, -0.2) is 9.97 Å². The number of rotatable bonds is 7. The molecule has 1 amide bonds. The van der Waals surface area contributed by atoms with Gasteiger partial charge in [-0.3, -0.25) is 4.79 Å². The van der Waals surface area contributed by atoms with Crippen LogP contribution in [0.15, 0.2) is 16.6 Å². The Morgan fingerprint density at radius 2 is 1.90 bits per heavy atom. The number of thiophene rings is 1. The van der Waals surface area contributed by atoms with E-state index in [9.17, 15) is 4.79 Å². The molecule has 1 aliphatic carbocycles. The van der Waals surface area contributed by atoms with E-state index in [-0.39, 0.29) is 5.91 Å². The van der Waals surface area contributed by atoms with Crippen molar-refractivity contribution in [2.75, 3.05) is 20.8 Å². The Kier molecular flexibility index (Phi) is 5.97. The van der Waals surface area contributed by atoms with Gasteiger partial charge in [0.1, 0.15) is 10.7 Å². The lowest BCUT2D eigenvalue weighted by atomic mass is 10.1. The number of benzene rings is 1. The number of nitrogens with one attached hydrogen (secondary N) is 1. The van der Waals surface area contributed by atoms with E-state index in [1.807, 2.05) is 26.0 Å². The topological polar surface area (TPSA) is 73.3 Å². The number of fused-ring (bicyclic) bond motifs is 1. The largest absolute Gasteiger partial charge is 0.493 e. The van der Waals surface area contributed by atoms with Crippen molar-refractivity contribution in [2.24, 2.45) is 0 Å². The summed E-state index contributed by atoms with van der Waals surface area (Å²) in [5.74, 6) is 2.68. The summed E-state index contributed by atoms with van der Waals surface area (Å²) in [6.45, 7) is 4.50. The fourth-order valence-electron chi connectivity index (χ4n) is 3.58. The predicted octanol–water partition coefficient (Wildman–Crippen LogP) is 4.94. The molecule has 1 aromatic carbocycles. The number of hydrogen-bond acceptors (Lipinski definition) is 6. The van der Waals surface area contributed by atoms with Crippen molar-refractivity contribution >= 4 is 43.4 Å². The van der Waals surface area contributed by atoms with Crippen LogP contribution in [0.4, 0.5) is 0 Å². The van der Waals surface area contributed by atoms with E-state index in [0.717, 1.165) is 50.2 Å². The van der Waals surface area contributed by atoms with Crippen LogP contribution in [-0.4, -0.2) is 36.6 Å². The highest BCUT2D eigenvalue weighted by Gasteiger charge is 2.28. The lowest BCUT2D eigenvalue weighted by molar-refractivity contribution is 0.0957. The molecular weight excluding hydrogens is 466 g/mol. The molecule has 0 aliphatic heterocycles. The van der Waals surface area contributed by atoms with E-state index in [1.165, 1.54) is 11.3 Å². The van der Waals surface area contributed by atoms with Gasteiger partial charge in [0.25, 0.3) is 5.91 Å². The number of methoxy groups -OCH3 is 2. The molecule has 0 radical (unpaired) electrons. The second-order valence-corrected chi connectivity index (χ2v) is 9.34. The number of aromatic nitrogens is 2. The third-order valence-electron chi connectivity index (χ3n) is 5.37. The van der Waals surface area contributed by atoms with Crippen molar-refractivity contribution in [1.82, 2.24) is 15.3 Å². The lowest BCUT2D eigenvalue weighted by Gasteiger charge is -2.12. The van der Waals surface area contributed by atoms with E-state index in [2.05, 4.69) is 26.2 Å². The summed E-state index contributed by atoms with van der Waals surface area (Å²) in [6.07, 6.45) is 2.99. The highest BCUT2D eigenvalue weighted by molar-refractivity contribution is 9.10. The Hall–Kier alpha value is -2.19. The minimum Gasteiger partial charge on any atom is -0.493 e. The fraction of sp³-hybridized carbons (Fsp3) is 0.409. The molecule has 0 atom stereocenters. The Morgan fingerprint density at radius 1 is 1.20 bits per heavy atom. The van der Waals surface area contributed by atoms with Gasteiger partial charge in [0.15, 0.2) is 11.5 Å². The predicted molar refractivity (Wildman–Crippen MR) is 122 cm³/mol. The van der Waals surface area contributed by atoms with Crippen LogP contribution < -0.4 is 14.8 Å². The zero-order chi connectivity index (χ0) is 21.4. The second kappa shape index (κ2) is 8.51. The summed E-state index contributed by atoms with van der Waals surface area (Å²) in [6, 6.07) is 3.81. The van der Waals surface area contributed by atoms with E-state index in [1.54, 1.807) is 14.2 Å². The van der Waals surface area contributed by atoms with Crippen LogP contribution in [-0.2, 0) is 6.42 Å². The van der Waals surface area contributed by atoms with Crippen molar-refractivity contribution in [3.8, 4) is 11.5 Å². The molecule has 1 N–H and O–H groups in total. The van der Waals surface area contributed by atoms with E-state index in [0.29, 0.717) is 35.3 Å². The molecular formula is C22H24BrN3O3S. The summed E-state index contributed by atoms with van der Waals surface area (Å²) < 4.78 is 11.6. The number of halogens is 1. The SMILES string of the molecule is COc1cc(Br)c(CCNC(=O)c2sc3nc(C4CC4)nc(C)c3c2C)cc1OC. The molecule has 3 aromatic rings. The number of hydrogen-bond donors (Lipinski definition) is 1. The first kappa shape index (κ1) is 21.1. The van der Waals surface area contributed by atoms with Gasteiger partial charge in [-0.15, -0.1) is 11.3 Å². The molecule has 158 valence electrons. The van der Waals surface area contributed by atoms with Crippen LogP contribution in [0.3, 0.4) is 0 Å². The van der Waals surface area contributed by atoms with Gasteiger partial charge in [0, 0.05) is 22.3 Å². The number of nitrogens with zero attached hydrogens (tertiary/aromatic N) is 2. The van der Waals surface area contributed by atoms with E-state index in [4.69, 9.17) is 14.5 Å². The first-order valence-electron chi connectivity index (χ1n) is 9.89. The molecule has 1 saturated carbocycles. The highest BCUT2D eigenvalue weighted by atomic mass is 79.9. The average molecular weight is 490 g/mol. The zero-order valence-corrected chi connectivity index (χ0v) is 19.9. The maximum atomic E-state index is 12.9. The Bertz CT molecular complexity index is 1120. The summed E-state index contributed by atoms with van der Waals surface area (Å²) in [5, 5.41) is 4.05. The van der Waals surface area contributed by atoms with Gasteiger partial charge in [0.2, 0.25) is 0 Å². The van der Waals surface area contributed by atoms with Crippen molar-refractivity contribution in [2.45, 2.75) is 39.0 Å². The summed E-state index contributed by atoms with van der Waals surface area (Å²) in [5.41, 5.74) is 2.96. The smallest absolute Gasteiger partial charge is 0.261 e. The molecule has 0 saturated heterocycles. The zero-order valence-electron chi connectivity index (χ0n) is 17.5. The molecule has 0 bridgehead atoms. The molecule has 2 heterocycles.